The van der Waals surface area contributed by atoms with E-state index in [1.54, 1.807) is 19.1 Å². The van der Waals surface area contributed by atoms with Gasteiger partial charge in [0.15, 0.2) is 0 Å². The number of nitrogens with zero attached hydrogens (tertiary/aromatic N) is 2. The molecular weight excluding hydrogens is 240 g/mol. The van der Waals surface area contributed by atoms with Gasteiger partial charge in [-0.25, -0.2) is 4.98 Å². The summed E-state index contributed by atoms with van der Waals surface area (Å²) in [6.07, 6.45) is 0.681. The van der Waals surface area contributed by atoms with Crippen LogP contribution in [0.15, 0.2) is 12.1 Å². The average Bonchev–Trinajstić information content (AvgIpc) is 3.09. The predicted octanol–water partition coefficient (Wildman–Crippen LogP) is 2.27. The van der Waals surface area contributed by atoms with Gasteiger partial charge in [-0.2, -0.15) is 5.26 Å². The molecule has 5 heteroatoms. The third-order valence-electron chi connectivity index (χ3n) is 2.74. The maximum Gasteiger partial charge on any atom is 0.309 e. The van der Waals surface area contributed by atoms with E-state index in [4.69, 9.17) is 21.6 Å². The highest BCUT2D eigenvalue weighted by molar-refractivity contribution is 6.29. The molecule has 2 rings (SSSR count). The fraction of sp³-hybridized carbons (Fsp3) is 0.417. The van der Waals surface area contributed by atoms with Gasteiger partial charge in [0.2, 0.25) is 0 Å². The van der Waals surface area contributed by atoms with E-state index in [9.17, 15) is 4.79 Å². The molecule has 0 N–H and O–H groups in total. The minimum Gasteiger partial charge on any atom is -0.466 e. The van der Waals surface area contributed by atoms with Crippen LogP contribution in [0.2, 0.25) is 5.15 Å². The summed E-state index contributed by atoms with van der Waals surface area (Å²) in [7, 11) is 0. The largest absolute Gasteiger partial charge is 0.466 e. The summed E-state index contributed by atoms with van der Waals surface area (Å²) in [4.78, 5) is 15.6. The number of carbonyl (C=O) groups excluding carboxylic acids is 1. The SMILES string of the molecule is CCOC(=O)[C@H]1C[C@@H]1c1nc(Cl)ccc1C#N. The highest BCUT2D eigenvalue weighted by atomic mass is 35.5. The summed E-state index contributed by atoms with van der Waals surface area (Å²) in [5.74, 6) is -0.418. The molecule has 88 valence electrons. The second kappa shape index (κ2) is 4.72. The Morgan fingerprint density at radius 3 is 3.12 bits per heavy atom. The molecule has 2 atom stereocenters. The molecule has 0 amide bonds. The Balaban J connectivity index is 2.18. The predicted molar refractivity (Wildman–Crippen MR) is 61.4 cm³/mol. The van der Waals surface area contributed by atoms with Gasteiger partial charge in [-0.3, -0.25) is 4.79 Å². The number of carbonyl (C=O) groups is 1. The molecule has 0 aromatic carbocycles. The first-order valence-corrected chi connectivity index (χ1v) is 5.78. The van der Waals surface area contributed by atoms with Gasteiger partial charge in [-0.1, -0.05) is 11.6 Å². The maximum absolute atomic E-state index is 11.5. The first-order chi connectivity index (χ1) is 8.17. The number of hydrogen-bond donors (Lipinski definition) is 0. The lowest BCUT2D eigenvalue weighted by Gasteiger charge is -2.03. The molecule has 1 aromatic heterocycles. The second-order valence-electron chi connectivity index (χ2n) is 3.88. The Morgan fingerprint density at radius 2 is 2.47 bits per heavy atom. The first-order valence-electron chi connectivity index (χ1n) is 5.40. The summed E-state index contributed by atoms with van der Waals surface area (Å²) >= 11 is 5.80. The van der Waals surface area contributed by atoms with Gasteiger partial charge in [-0.15, -0.1) is 0 Å². The van der Waals surface area contributed by atoms with Crippen molar-refractivity contribution in [2.45, 2.75) is 19.3 Å². The molecule has 0 bridgehead atoms. The highest BCUT2D eigenvalue weighted by Crippen LogP contribution is 2.48. The number of rotatable bonds is 3. The van der Waals surface area contributed by atoms with Crippen molar-refractivity contribution < 1.29 is 9.53 Å². The second-order valence-corrected chi connectivity index (χ2v) is 4.27. The zero-order valence-electron chi connectivity index (χ0n) is 9.31. The first kappa shape index (κ1) is 11.9. The lowest BCUT2D eigenvalue weighted by atomic mass is 10.1. The highest BCUT2D eigenvalue weighted by Gasteiger charge is 2.47. The fourth-order valence-electron chi connectivity index (χ4n) is 1.83. The normalized spacial score (nSPS) is 21.7. The van der Waals surface area contributed by atoms with E-state index in [0.717, 1.165) is 0 Å². The van der Waals surface area contributed by atoms with Crippen molar-refractivity contribution in [2.75, 3.05) is 6.61 Å². The smallest absolute Gasteiger partial charge is 0.309 e. The van der Waals surface area contributed by atoms with E-state index in [-0.39, 0.29) is 17.8 Å². The molecule has 1 aliphatic carbocycles. The monoisotopic (exact) mass is 250 g/mol. The van der Waals surface area contributed by atoms with Gasteiger partial charge in [0.25, 0.3) is 0 Å². The van der Waals surface area contributed by atoms with Gasteiger partial charge < -0.3 is 4.74 Å². The molecule has 1 heterocycles. The van der Waals surface area contributed by atoms with E-state index in [1.165, 1.54) is 0 Å². The zero-order valence-corrected chi connectivity index (χ0v) is 10.1. The Labute approximate surface area is 104 Å². The van der Waals surface area contributed by atoms with Crippen LogP contribution in [0.4, 0.5) is 0 Å². The Hall–Kier alpha value is -1.60. The maximum atomic E-state index is 11.5. The van der Waals surface area contributed by atoms with E-state index in [0.29, 0.717) is 29.4 Å². The van der Waals surface area contributed by atoms with Crippen LogP contribution in [0.25, 0.3) is 0 Å². The topological polar surface area (TPSA) is 63.0 Å². The van der Waals surface area contributed by atoms with Gasteiger partial charge in [0.1, 0.15) is 11.2 Å². The van der Waals surface area contributed by atoms with Crippen molar-refractivity contribution in [3.63, 3.8) is 0 Å². The van der Waals surface area contributed by atoms with Crippen LogP contribution in [-0.2, 0) is 9.53 Å². The van der Waals surface area contributed by atoms with Crippen LogP contribution >= 0.6 is 11.6 Å². The molecule has 1 saturated carbocycles. The molecule has 1 aliphatic rings. The molecular formula is C12H11ClN2O2. The summed E-state index contributed by atoms with van der Waals surface area (Å²) in [6.45, 7) is 2.14. The Kier molecular flexibility index (Phi) is 3.30. The van der Waals surface area contributed by atoms with Gasteiger partial charge in [-0.05, 0) is 25.5 Å². The quantitative estimate of drug-likeness (QED) is 0.610. The lowest BCUT2D eigenvalue weighted by Crippen LogP contribution is -2.08. The minimum atomic E-state index is -0.219. The summed E-state index contributed by atoms with van der Waals surface area (Å²) in [6, 6.07) is 5.27. The zero-order chi connectivity index (χ0) is 12.4. The van der Waals surface area contributed by atoms with Crippen molar-refractivity contribution in [1.82, 2.24) is 4.98 Å². The van der Waals surface area contributed by atoms with E-state index < -0.39 is 0 Å². The van der Waals surface area contributed by atoms with Gasteiger partial charge in [0.05, 0.1) is 23.8 Å². The van der Waals surface area contributed by atoms with Crippen molar-refractivity contribution in [1.29, 1.82) is 5.26 Å². The van der Waals surface area contributed by atoms with E-state index in [1.807, 2.05) is 0 Å². The third kappa shape index (κ3) is 2.40. The molecule has 0 saturated heterocycles. The van der Waals surface area contributed by atoms with E-state index >= 15 is 0 Å². The van der Waals surface area contributed by atoms with Gasteiger partial charge >= 0.3 is 5.97 Å². The van der Waals surface area contributed by atoms with Crippen molar-refractivity contribution in [3.8, 4) is 6.07 Å². The molecule has 0 spiro atoms. The minimum absolute atomic E-state index is 0.0256. The van der Waals surface area contributed by atoms with Gasteiger partial charge in [0, 0.05) is 5.92 Å². The lowest BCUT2D eigenvalue weighted by molar-refractivity contribution is -0.144. The summed E-state index contributed by atoms with van der Waals surface area (Å²) in [5, 5.41) is 9.31. The molecule has 0 unspecified atom stereocenters. The van der Waals surface area contributed by atoms with E-state index in [2.05, 4.69) is 11.1 Å². The van der Waals surface area contributed by atoms with Crippen LogP contribution in [-0.4, -0.2) is 17.6 Å². The third-order valence-corrected chi connectivity index (χ3v) is 2.95. The summed E-state index contributed by atoms with van der Waals surface area (Å²) < 4.78 is 4.94. The molecule has 1 fully saturated rings. The molecule has 4 nitrogen and oxygen atoms in total. The summed E-state index contributed by atoms with van der Waals surface area (Å²) in [5.41, 5.74) is 1.09. The van der Waals surface area contributed by atoms with Crippen LogP contribution in [0, 0.1) is 17.2 Å². The number of aromatic nitrogens is 1. The van der Waals surface area contributed by atoms with Crippen molar-refractivity contribution in [2.24, 2.45) is 5.92 Å². The van der Waals surface area contributed by atoms with Crippen molar-refractivity contribution >= 4 is 17.6 Å². The van der Waals surface area contributed by atoms with Crippen LogP contribution in [0.1, 0.15) is 30.5 Å². The molecule has 1 aromatic rings. The standard InChI is InChI=1S/C12H11ClN2O2/c1-2-17-12(16)9-5-8(9)11-7(6-14)3-4-10(13)15-11/h3-4,8-9H,2,5H2,1H3/t8-,9-/m0/s1. The number of hydrogen-bond acceptors (Lipinski definition) is 4. The number of halogens is 1. The van der Waals surface area contributed by atoms with Crippen molar-refractivity contribution in [3.05, 3.63) is 28.5 Å². The number of esters is 1. The molecule has 0 radical (unpaired) electrons. The molecule has 0 aliphatic heterocycles. The molecule has 17 heavy (non-hydrogen) atoms. The van der Waals surface area contributed by atoms with Crippen LogP contribution in [0.3, 0.4) is 0 Å². The van der Waals surface area contributed by atoms with Crippen LogP contribution in [0.5, 0.6) is 0 Å². The number of pyridine rings is 1. The number of ether oxygens (including phenoxy) is 1. The Morgan fingerprint density at radius 1 is 1.71 bits per heavy atom. The fourth-order valence-corrected chi connectivity index (χ4v) is 1.99. The number of nitriles is 1. The Bertz CT molecular complexity index is 496. The van der Waals surface area contributed by atoms with Crippen LogP contribution < -0.4 is 0 Å². The average molecular weight is 251 g/mol.